The summed E-state index contributed by atoms with van der Waals surface area (Å²) in [5.74, 6) is 0.236. The molecule has 2 amide bonds. The van der Waals surface area contributed by atoms with E-state index < -0.39 is 6.09 Å². The molecule has 0 unspecified atom stereocenters. The smallest absolute Gasteiger partial charge is 0.405 e. The number of aryl methyl sites for hydroxylation is 1. The normalized spacial score (nSPS) is 13.9. The average molecular weight is 385 g/mol. The van der Waals surface area contributed by atoms with Crippen molar-refractivity contribution < 1.29 is 14.3 Å². The van der Waals surface area contributed by atoms with E-state index in [1.165, 1.54) is 10.9 Å². The molecule has 1 aliphatic rings. The number of nitrogens with two attached hydrogens (primary N) is 1. The first-order valence-electron chi connectivity index (χ1n) is 9.35. The van der Waals surface area contributed by atoms with Crippen molar-refractivity contribution in [2.24, 2.45) is 5.41 Å². The number of anilines is 1. The van der Waals surface area contributed by atoms with Gasteiger partial charge in [-0.3, -0.25) is 4.79 Å². The SMILES string of the molecule is Cc1ccc(C(=O)NC2CC2)cc1-n1ncc(OC(=O)NCC(C)(C)C)c1N. The molecule has 1 aromatic heterocycles. The van der Waals surface area contributed by atoms with Crippen LogP contribution in [0.3, 0.4) is 0 Å². The number of amides is 2. The molecule has 8 nitrogen and oxygen atoms in total. The molecule has 1 aromatic carbocycles. The molecule has 1 aliphatic carbocycles. The largest absolute Gasteiger partial charge is 0.412 e. The molecule has 0 bridgehead atoms. The monoisotopic (exact) mass is 385 g/mol. The fourth-order valence-electron chi connectivity index (χ4n) is 2.56. The van der Waals surface area contributed by atoms with Crippen molar-refractivity contribution in [3.63, 3.8) is 0 Å². The second-order valence-electron chi connectivity index (χ2n) is 8.36. The third-order valence-electron chi connectivity index (χ3n) is 4.35. The van der Waals surface area contributed by atoms with Gasteiger partial charge in [-0.15, -0.1) is 0 Å². The van der Waals surface area contributed by atoms with Gasteiger partial charge < -0.3 is 21.1 Å². The quantitative estimate of drug-likeness (QED) is 0.733. The lowest BCUT2D eigenvalue weighted by atomic mass is 9.97. The number of carbonyl (C=O) groups is 2. The van der Waals surface area contributed by atoms with Crippen molar-refractivity contribution in [3.8, 4) is 11.4 Å². The van der Waals surface area contributed by atoms with Gasteiger partial charge in [0.1, 0.15) is 0 Å². The predicted molar refractivity (Wildman–Crippen MR) is 107 cm³/mol. The van der Waals surface area contributed by atoms with Crippen LogP contribution in [0.2, 0.25) is 0 Å². The lowest BCUT2D eigenvalue weighted by molar-refractivity contribution is 0.0951. The highest BCUT2D eigenvalue weighted by molar-refractivity contribution is 5.95. The molecule has 0 aliphatic heterocycles. The van der Waals surface area contributed by atoms with Gasteiger partial charge >= 0.3 is 6.09 Å². The molecule has 0 radical (unpaired) electrons. The number of nitrogen functional groups attached to an aromatic ring is 1. The van der Waals surface area contributed by atoms with Crippen LogP contribution in [-0.4, -0.2) is 34.4 Å². The van der Waals surface area contributed by atoms with Gasteiger partial charge in [-0.05, 0) is 42.9 Å². The minimum absolute atomic E-state index is 0.0622. The summed E-state index contributed by atoms with van der Waals surface area (Å²) < 4.78 is 6.75. The number of nitrogens with zero attached hydrogens (tertiary/aromatic N) is 2. The Morgan fingerprint density at radius 3 is 2.68 bits per heavy atom. The van der Waals surface area contributed by atoms with Crippen LogP contribution in [0.4, 0.5) is 10.6 Å². The molecule has 0 atom stereocenters. The van der Waals surface area contributed by atoms with Crippen molar-refractivity contribution in [1.29, 1.82) is 0 Å². The zero-order chi connectivity index (χ0) is 20.5. The molecule has 3 rings (SSSR count). The van der Waals surface area contributed by atoms with E-state index in [2.05, 4.69) is 15.7 Å². The number of hydrogen-bond donors (Lipinski definition) is 3. The van der Waals surface area contributed by atoms with Crippen LogP contribution < -0.4 is 21.1 Å². The first-order valence-corrected chi connectivity index (χ1v) is 9.35. The average Bonchev–Trinajstić information content (AvgIpc) is 3.36. The summed E-state index contributed by atoms with van der Waals surface area (Å²) >= 11 is 0. The van der Waals surface area contributed by atoms with Gasteiger partial charge in [0.05, 0.1) is 11.9 Å². The molecule has 1 heterocycles. The van der Waals surface area contributed by atoms with Crippen LogP contribution in [0.15, 0.2) is 24.4 Å². The van der Waals surface area contributed by atoms with E-state index in [4.69, 9.17) is 10.5 Å². The summed E-state index contributed by atoms with van der Waals surface area (Å²) in [6, 6.07) is 5.63. The molecular formula is C20H27N5O3. The van der Waals surface area contributed by atoms with E-state index in [1.807, 2.05) is 33.8 Å². The van der Waals surface area contributed by atoms with Gasteiger partial charge in [0.15, 0.2) is 11.6 Å². The molecular weight excluding hydrogens is 358 g/mol. The van der Waals surface area contributed by atoms with Crippen LogP contribution in [0.5, 0.6) is 5.75 Å². The van der Waals surface area contributed by atoms with Gasteiger partial charge in [-0.25, -0.2) is 9.48 Å². The molecule has 8 heteroatoms. The number of ether oxygens (including phenoxy) is 1. The van der Waals surface area contributed by atoms with Crippen molar-refractivity contribution in [2.45, 2.75) is 46.6 Å². The Morgan fingerprint density at radius 2 is 2.04 bits per heavy atom. The Morgan fingerprint density at radius 1 is 1.32 bits per heavy atom. The van der Waals surface area contributed by atoms with Crippen LogP contribution in [-0.2, 0) is 0 Å². The zero-order valence-corrected chi connectivity index (χ0v) is 16.7. The van der Waals surface area contributed by atoms with Crippen LogP contribution in [0.25, 0.3) is 5.69 Å². The van der Waals surface area contributed by atoms with Gasteiger partial charge in [0, 0.05) is 18.2 Å². The summed E-state index contributed by atoms with van der Waals surface area (Å²) in [5, 5.41) is 9.90. The number of hydrogen-bond acceptors (Lipinski definition) is 5. The molecule has 2 aromatic rings. The second-order valence-corrected chi connectivity index (χ2v) is 8.36. The maximum atomic E-state index is 12.3. The van der Waals surface area contributed by atoms with Crippen LogP contribution >= 0.6 is 0 Å². The van der Waals surface area contributed by atoms with Crippen LogP contribution in [0, 0.1) is 12.3 Å². The summed E-state index contributed by atoms with van der Waals surface area (Å²) in [6.07, 6.45) is 2.85. The Hall–Kier alpha value is -3.03. The zero-order valence-electron chi connectivity index (χ0n) is 16.7. The summed E-state index contributed by atoms with van der Waals surface area (Å²) in [6.45, 7) is 8.39. The number of rotatable bonds is 5. The third-order valence-corrected chi connectivity index (χ3v) is 4.35. The van der Waals surface area contributed by atoms with Crippen molar-refractivity contribution in [1.82, 2.24) is 20.4 Å². The summed E-state index contributed by atoms with van der Waals surface area (Å²) in [4.78, 5) is 24.3. The van der Waals surface area contributed by atoms with E-state index in [0.29, 0.717) is 17.8 Å². The number of carbonyl (C=O) groups excluding carboxylic acids is 2. The lowest BCUT2D eigenvalue weighted by Crippen LogP contribution is -2.34. The second kappa shape index (κ2) is 7.53. The van der Waals surface area contributed by atoms with E-state index in [1.54, 1.807) is 12.1 Å². The fraction of sp³-hybridized carbons (Fsp3) is 0.450. The minimum Gasteiger partial charge on any atom is -0.405 e. The Kier molecular flexibility index (Phi) is 5.31. The molecule has 0 spiro atoms. The van der Waals surface area contributed by atoms with Crippen molar-refractivity contribution in [2.75, 3.05) is 12.3 Å². The highest BCUT2D eigenvalue weighted by Gasteiger charge is 2.24. The van der Waals surface area contributed by atoms with Crippen LogP contribution in [0.1, 0.15) is 49.5 Å². The number of nitrogens with one attached hydrogen (secondary N) is 2. The summed E-state index contributed by atoms with van der Waals surface area (Å²) in [7, 11) is 0. The van der Waals surface area contributed by atoms with Gasteiger partial charge in [-0.1, -0.05) is 26.8 Å². The van der Waals surface area contributed by atoms with E-state index in [9.17, 15) is 9.59 Å². The van der Waals surface area contributed by atoms with Gasteiger partial charge in [-0.2, -0.15) is 5.10 Å². The standard InChI is InChI=1S/C20H27N5O3/c1-12-5-6-13(18(26)24-14-7-8-14)9-15(12)25-17(21)16(10-23-25)28-19(27)22-11-20(2,3)4/h5-6,9-10,14H,7-8,11,21H2,1-4H3,(H,22,27)(H,24,26). The first-order chi connectivity index (χ1) is 13.1. The van der Waals surface area contributed by atoms with E-state index in [-0.39, 0.29) is 28.9 Å². The molecule has 4 N–H and O–H groups in total. The molecule has 1 fully saturated rings. The maximum Gasteiger partial charge on any atom is 0.412 e. The Bertz CT molecular complexity index is 894. The predicted octanol–water partition coefficient (Wildman–Crippen LogP) is 2.79. The van der Waals surface area contributed by atoms with E-state index >= 15 is 0 Å². The fourth-order valence-corrected chi connectivity index (χ4v) is 2.56. The molecule has 150 valence electrons. The molecule has 0 saturated heterocycles. The summed E-state index contributed by atoms with van der Waals surface area (Å²) in [5.41, 5.74) is 8.17. The Labute approximate surface area is 164 Å². The van der Waals surface area contributed by atoms with E-state index in [0.717, 1.165) is 18.4 Å². The van der Waals surface area contributed by atoms with Crippen molar-refractivity contribution >= 4 is 17.8 Å². The van der Waals surface area contributed by atoms with Crippen molar-refractivity contribution in [3.05, 3.63) is 35.5 Å². The van der Waals surface area contributed by atoms with Gasteiger partial charge in [0.2, 0.25) is 0 Å². The topological polar surface area (TPSA) is 111 Å². The lowest BCUT2D eigenvalue weighted by Gasteiger charge is -2.18. The first kappa shape index (κ1) is 19.7. The molecule has 1 saturated carbocycles. The number of aromatic nitrogens is 2. The third kappa shape index (κ3) is 4.82. The number of benzene rings is 1. The molecule has 28 heavy (non-hydrogen) atoms. The minimum atomic E-state index is -0.588. The Balaban J connectivity index is 1.77. The van der Waals surface area contributed by atoms with Gasteiger partial charge in [0.25, 0.3) is 5.91 Å². The highest BCUT2D eigenvalue weighted by atomic mass is 16.6. The highest BCUT2D eigenvalue weighted by Crippen LogP contribution is 2.27. The maximum absolute atomic E-state index is 12.3.